The Balaban J connectivity index is 1.23. The number of aromatic nitrogens is 2. The van der Waals surface area contributed by atoms with Crippen molar-refractivity contribution < 1.29 is 9.47 Å². The summed E-state index contributed by atoms with van der Waals surface area (Å²) >= 11 is 0. The standard InChI is InChI=1S/C24H32N6O2/c1-16-10-18(4-5-30(16)19-12-25-13-19)17-2-3-22-21(11-17)28-23-20(14-32-22)24(27-15-26-23)29-6-8-31-9-7-29/h2-3,11,15-16,18-19,25H,4-10,12-14H2,1H3,(H,26,27,28). The Hall–Kier alpha value is -2.42. The molecule has 2 aromatic rings. The van der Waals surface area contributed by atoms with Gasteiger partial charge < -0.3 is 25.0 Å². The molecule has 4 aliphatic rings. The number of likely N-dealkylation sites (tertiary alicyclic amines) is 1. The lowest BCUT2D eigenvalue weighted by Crippen LogP contribution is -2.61. The van der Waals surface area contributed by atoms with Crippen molar-refractivity contribution in [3.63, 3.8) is 0 Å². The van der Waals surface area contributed by atoms with E-state index in [1.807, 2.05) is 0 Å². The molecular formula is C24H32N6O2. The predicted octanol–water partition coefficient (Wildman–Crippen LogP) is 2.49. The maximum absolute atomic E-state index is 6.22. The zero-order valence-corrected chi connectivity index (χ0v) is 18.7. The summed E-state index contributed by atoms with van der Waals surface area (Å²) in [6.07, 6.45) is 4.06. The normalized spacial score (nSPS) is 26.2. The summed E-state index contributed by atoms with van der Waals surface area (Å²) in [4.78, 5) is 14.1. The van der Waals surface area contributed by atoms with Gasteiger partial charge in [0.15, 0.2) is 0 Å². The molecule has 1 aromatic heterocycles. The summed E-state index contributed by atoms with van der Waals surface area (Å²) in [5, 5.41) is 6.98. The Morgan fingerprint density at radius 3 is 2.75 bits per heavy atom. The molecule has 0 amide bonds. The van der Waals surface area contributed by atoms with Crippen molar-refractivity contribution in [2.75, 3.05) is 56.2 Å². The summed E-state index contributed by atoms with van der Waals surface area (Å²) in [7, 11) is 0. The van der Waals surface area contributed by atoms with E-state index < -0.39 is 0 Å². The monoisotopic (exact) mass is 436 g/mol. The van der Waals surface area contributed by atoms with Gasteiger partial charge in [-0.3, -0.25) is 4.90 Å². The van der Waals surface area contributed by atoms with Crippen LogP contribution in [0, 0.1) is 0 Å². The van der Waals surface area contributed by atoms with Gasteiger partial charge in [-0.05, 0) is 49.9 Å². The minimum Gasteiger partial charge on any atom is -0.486 e. The molecule has 170 valence electrons. The Kier molecular flexibility index (Phi) is 5.37. The molecule has 4 aliphatic heterocycles. The van der Waals surface area contributed by atoms with E-state index in [2.05, 4.69) is 55.5 Å². The number of benzene rings is 1. The number of ether oxygens (including phenoxy) is 2. The number of piperidine rings is 1. The molecule has 0 saturated carbocycles. The first-order chi connectivity index (χ1) is 15.8. The maximum Gasteiger partial charge on any atom is 0.143 e. The molecule has 0 spiro atoms. The summed E-state index contributed by atoms with van der Waals surface area (Å²) in [6.45, 7) is 9.45. The lowest BCUT2D eigenvalue weighted by atomic mass is 9.84. The zero-order chi connectivity index (χ0) is 21.5. The van der Waals surface area contributed by atoms with Crippen molar-refractivity contribution in [3.8, 4) is 5.75 Å². The SMILES string of the molecule is CC1CC(c2ccc3c(c2)Nc2ncnc(N4CCOCC4)c2CO3)CCN1C1CNC1. The van der Waals surface area contributed by atoms with Gasteiger partial charge in [-0.15, -0.1) is 0 Å². The molecule has 2 N–H and O–H groups in total. The molecule has 3 fully saturated rings. The van der Waals surface area contributed by atoms with Crippen LogP contribution in [0.15, 0.2) is 24.5 Å². The Morgan fingerprint density at radius 1 is 1.09 bits per heavy atom. The first kappa shape index (κ1) is 20.2. The van der Waals surface area contributed by atoms with Crippen LogP contribution in [-0.4, -0.2) is 72.9 Å². The van der Waals surface area contributed by atoms with Crippen LogP contribution in [0.2, 0.25) is 0 Å². The van der Waals surface area contributed by atoms with Crippen LogP contribution in [0.5, 0.6) is 5.75 Å². The van der Waals surface area contributed by atoms with Gasteiger partial charge in [-0.2, -0.15) is 0 Å². The van der Waals surface area contributed by atoms with E-state index in [1.165, 1.54) is 24.9 Å². The van der Waals surface area contributed by atoms with Crippen molar-refractivity contribution in [3.05, 3.63) is 35.7 Å². The number of nitrogens with zero attached hydrogens (tertiary/aromatic N) is 4. The lowest BCUT2D eigenvalue weighted by molar-refractivity contribution is 0.0659. The predicted molar refractivity (Wildman–Crippen MR) is 124 cm³/mol. The van der Waals surface area contributed by atoms with Gasteiger partial charge in [-0.25, -0.2) is 9.97 Å². The quantitative estimate of drug-likeness (QED) is 0.760. The minimum absolute atomic E-state index is 0.465. The van der Waals surface area contributed by atoms with Gasteiger partial charge in [0.25, 0.3) is 0 Å². The average Bonchev–Trinajstić information content (AvgIpc) is 2.98. The Labute approximate surface area is 189 Å². The highest BCUT2D eigenvalue weighted by atomic mass is 16.5. The van der Waals surface area contributed by atoms with Crippen LogP contribution in [0.3, 0.4) is 0 Å². The summed E-state index contributed by atoms with van der Waals surface area (Å²) in [5.74, 6) is 3.26. The third kappa shape index (κ3) is 3.70. The molecule has 2 unspecified atom stereocenters. The number of hydrogen-bond acceptors (Lipinski definition) is 8. The highest BCUT2D eigenvalue weighted by Gasteiger charge is 2.34. The summed E-state index contributed by atoms with van der Waals surface area (Å²) in [6, 6.07) is 8.00. The number of rotatable bonds is 3. The fourth-order valence-electron chi connectivity index (χ4n) is 5.54. The largest absolute Gasteiger partial charge is 0.486 e. The third-order valence-electron chi connectivity index (χ3n) is 7.49. The third-order valence-corrected chi connectivity index (χ3v) is 7.49. The van der Waals surface area contributed by atoms with Crippen molar-refractivity contribution >= 4 is 17.3 Å². The van der Waals surface area contributed by atoms with Crippen LogP contribution in [-0.2, 0) is 11.3 Å². The highest BCUT2D eigenvalue weighted by molar-refractivity contribution is 5.71. The second kappa shape index (κ2) is 8.50. The topological polar surface area (TPSA) is 74.8 Å². The van der Waals surface area contributed by atoms with Crippen molar-refractivity contribution in [1.82, 2.24) is 20.2 Å². The molecule has 2 atom stereocenters. The van der Waals surface area contributed by atoms with Crippen molar-refractivity contribution in [2.24, 2.45) is 0 Å². The molecule has 8 heteroatoms. The second-order valence-electron chi connectivity index (χ2n) is 9.41. The average molecular weight is 437 g/mol. The molecule has 32 heavy (non-hydrogen) atoms. The van der Waals surface area contributed by atoms with Gasteiger partial charge in [0.05, 0.1) is 24.5 Å². The van der Waals surface area contributed by atoms with E-state index in [0.717, 1.165) is 74.1 Å². The van der Waals surface area contributed by atoms with Gasteiger partial charge in [0.1, 0.15) is 30.3 Å². The van der Waals surface area contributed by atoms with Crippen LogP contribution in [0.4, 0.5) is 17.3 Å². The Morgan fingerprint density at radius 2 is 1.97 bits per heavy atom. The summed E-state index contributed by atoms with van der Waals surface area (Å²) in [5.41, 5.74) is 3.42. The van der Waals surface area contributed by atoms with E-state index >= 15 is 0 Å². The molecule has 0 aliphatic carbocycles. The van der Waals surface area contributed by atoms with E-state index in [-0.39, 0.29) is 0 Å². The molecule has 8 nitrogen and oxygen atoms in total. The number of anilines is 3. The minimum atomic E-state index is 0.465. The van der Waals surface area contributed by atoms with E-state index in [4.69, 9.17) is 9.47 Å². The molecule has 0 bridgehead atoms. The molecule has 6 rings (SSSR count). The smallest absolute Gasteiger partial charge is 0.143 e. The molecule has 0 radical (unpaired) electrons. The second-order valence-corrected chi connectivity index (χ2v) is 9.41. The number of nitrogens with one attached hydrogen (secondary N) is 2. The Bertz CT molecular complexity index is 975. The molecule has 1 aromatic carbocycles. The van der Waals surface area contributed by atoms with Crippen LogP contribution in [0.25, 0.3) is 0 Å². The van der Waals surface area contributed by atoms with Gasteiger partial charge >= 0.3 is 0 Å². The van der Waals surface area contributed by atoms with E-state index in [0.29, 0.717) is 18.6 Å². The van der Waals surface area contributed by atoms with Gasteiger partial charge in [0, 0.05) is 38.3 Å². The number of hydrogen-bond donors (Lipinski definition) is 2. The van der Waals surface area contributed by atoms with Gasteiger partial charge in [0.2, 0.25) is 0 Å². The fraction of sp³-hybridized carbons (Fsp3) is 0.583. The molecule has 3 saturated heterocycles. The highest BCUT2D eigenvalue weighted by Crippen LogP contribution is 2.40. The van der Waals surface area contributed by atoms with Crippen LogP contribution >= 0.6 is 0 Å². The van der Waals surface area contributed by atoms with Crippen molar-refractivity contribution in [2.45, 2.75) is 44.4 Å². The summed E-state index contributed by atoms with van der Waals surface area (Å²) < 4.78 is 11.7. The molecule has 5 heterocycles. The lowest BCUT2D eigenvalue weighted by Gasteiger charge is -2.46. The van der Waals surface area contributed by atoms with Crippen LogP contribution < -0.4 is 20.3 Å². The van der Waals surface area contributed by atoms with E-state index in [9.17, 15) is 0 Å². The number of fused-ring (bicyclic) bond motifs is 2. The first-order valence-electron chi connectivity index (χ1n) is 11.9. The van der Waals surface area contributed by atoms with E-state index in [1.54, 1.807) is 6.33 Å². The zero-order valence-electron chi connectivity index (χ0n) is 18.7. The van der Waals surface area contributed by atoms with Crippen LogP contribution in [0.1, 0.15) is 36.8 Å². The van der Waals surface area contributed by atoms with Crippen molar-refractivity contribution in [1.29, 1.82) is 0 Å². The maximum atomic E-state index is 6.22. The first-order valence-corrected chi connectivity index (χ1v) is 11.9. The fourth-order valence-corrected chi connectivity index (χ4v) is 5.54. The molecular weight excluding hydrogens is 404 g/mol. The number of morpholine rings is 1. The van der Waals surface area contributed by atoms with Gasteiger partial charge in [-0.1, -0.05) is 6.07 Å².